The van der Waals surface area contributed by atoms with Crippen molar-refractivity contribution in [3.63, 3.8) is 0 Å². The Morgan fingerprint density at radius 2 is 2.17 bits per heavy atom. The lowest BCUT2D eigenvalue weighted by Crippen LogP contribution is -2.71. The summed E-state index contributed by atoms with van der Waals surface area (Å²) in [7, 11) is 0. The number of rotatable bonds is 3. The molecule has 2 fully saturated rings. The van der Waals surface area contributed by atoms with Crippen LogP contribution in [0.2, 0.25) is 0 Å². The Bertz CT molecular complexity index is 314. The molecule has 2 aliphatic rings. The topological polar surface area (TPSA) is 45.7 Å². The van der Waals surface area contributed by atoms with E-state index in [0.29, 0.717) is 18.1 Å². The van der Waals surface area contributed by atoms with Gasteiger partial charge < -0.3 is 15.4 Å². The first-order valence-corrected chi connectivity index (χ1v) is 7.27. The maximum atomic E-state index is 5.92. The molecule has 104 valence electrons. The average molecular weight is 253 g/mol. The lowest BCUT2D eigenvalue weighted by molar-refractivity contribution is -0.188. The third kappa shape index (κ3) is 2.35. The van der Waals surface area contributed by atoms with Gasteiger partial charge in [0, 0.05) is 37.1 Å². The first-order chi connectivity index (χ1) is 8.61. The second-order valence-electron chi connectivity index (χ2n) is 5.89. The van der Waals surface area contributed by atoms with Crippen molar-refractivity contribution < 1.29 is 4.74 Å². The Kier molecular flexibility index (Phi) is 4.15. The van der Waals surface area contributed by atoms with Gasteiger partial charge in [-0.3, -0.25) is 4.99 Å². The van der Waals surface area contributed by atoms with Crippen LogP contribution in [-0.2, 0) is 4.74 Å². The minimum Gasteiger partial charge on any atom is -0.377 e. The summed E-state index contributed by atoms with van der Waals surface area (Å²) in [5, 5.41) is 6.92. The fourth-order valence-corrected chi connectivity index (χ4v) is 3.44. The highest BCUT2D eigenvalue weighted by Gasteiger charge is 2.58. The largest absolute Gasteiger partial charge is 0.377 e. The molecule has 1 heterocycles. The molecule has 0 bridgehead atoms. The molecular formula is C14H27N3O. The number of aliphatic imine (C=N–C) groups is 1. The lowest BCUT2D eigenvalue weighted by atomic mass is 9.55. The van der Waals surface area contributed by atoms with Crippen molar-refractivity contribution in [2.75, 3.05) is 19.7 Å². The van der Waals surface area contributed by atoms with Gasteiger partial charge in [0.05, 0.1) is 6.10 Å². The van der Waals surface area contributed by atoms with Gasteiger partial charge >= 0.3 is 0 Å². The number of nitrogens with zero attached hydrogens (tertiary/aromatic N) is 1. The first-order valence-electron chi connectivity index (χ1n) is 7.27. The fraction of sp³-hybridized carbons (Fsp3) is 0.929. The third-order valence-corrected chi connectivity index (χ3v) is 4.28. The highest BCUT2D eigenvalue weighted by Crippen LogP contribution is 2.51. The third-order valence-electron chi connectivity index (χ3n) is 4.28. The van der Waals surface area contributed by atoms with Gasteiger partial charge in [-0.25, -0.2) is 0 Å². The van der Waals surface area contributed by atoms with E-state index in [9.17, 15) is 0 Å². The van der Waals surface area contributed by atoms with Crippen molar-refractivity contribution >= 4 is 5.96 Å². The molecule has 0 aromatic carbocycles. The van der Waals surface area contributed by atoms with Gasteiger partial charge in [0.2, 0.25) is 0 Å². The van der Waals surface area contributed by atoms with Crippen LogP contribution in [0, 0.1) is 11.3 Å². The molecular weight excluding hydrogens is 226 g/mol. The summed E-state index contributed by atoms with van der Waals surface area (Å²) < 4.78 is 5.92. The van der Waals surface area contributed by atoms with Crippen LogP contribution in [0.15, 0.2) is 4.99 Å². The van der Waals surface area contributed by atoms with Crippen molar-refractivity contribution in [3.05, 3.63) is 0 Å². The quantitative estimate of drug-likeness (QED) is 0.595. The molecule has 18 heavy (non-hydrogen) atoms. The smallest absolute Gasteiger partial charge is 0.191 e. The van der Waals surface area contributed by atoms with Crippen LogP contribution in [-0.4, -0.2) is 37.8 Å². The predicted octanol–water partition coefficient (Wildman–Crippen LogP) is 1.76. The normalized spacial score (nSPS) is 34.4. The Morgan fingerprint density at radius 3 is 2.83 bits per heavy atom. The molecule has 0 aromatic heterocycles. The summed E-state index contributed by atoms with van der Waals surface area (Å²) in [6, 6.07) is 0.479. The number of ether oxygens (including phenoxy) is 1. The number of hydrogen-bond donors (Lipinski definition) is 2. The summed E-state index contributed by atoms with van der Waals surface area (Å²) in [5.74, 6) is 1.59. The van der Waals surface area contributed by atoms with Crippen molar-refractivity contribution in [2.45, 2.75) is 52.7 Å². The summed E-state index contributed by atoms with van der Waals surface area (Å²) >= 11 is 0. The van der Waals surface area contributed by atoms with Crippen LogP contribution in [0.3, 0.4) is 0 Å². The molecule has 0 radical (unpaired) electrons. The van der Waals surface area contributed by atoms with E-state index in [2.05, 4.69) is 43.3 Å². The van der Waals surface area contributed by atoms with Crippen molar-refractivity contribution in [3.8, 4) is 0 Å². The van der Waals surface area contributed by atoms with E-state index in [1.807, 2.05) is 0 Å². The minimum atomic E-state index is 0.203. The van der Waals surface area contributed by atoms with Crippen molar-refractivity contribution in [2.24, 2.45) is 16.3 Å². The standard InChI is InChI=1S/C14H27N3O/c1-5-15-13(16-6-2)17-11-10-8-7-9-18-12(10)14(11,3)4/h10-12H,5-9H2,1-4H3,(H2,15,16,17). The Balaban J connectivity index is 2.01. The molecule has 2 N–H and O–H groups in total. The number of fused-ring (bicyclic) bond motifs is 1. The monoisotopic (exact) mass is 253 g/mol. The van der Waals surface area contributed by atoms with E-state index in [4.69, 9.17) is 4.74 Å². The van der Waals surface area contributed by atoms with Crippen LogP contribution < -0.4 is 10.6 Å². The van der Waals surface area contributed by atoms with E-state index in [1.54, 1.807) is 0 Å². The highest BCUT2D eigenvalue weighted by molar-refractivity contribution is 5.80. The van der Waals surface area contributed by atoms with E-state index in [-0.39, 0.29) is 5.41 Å². The Morgan fingerprint density at radius 1 is 1.39 bits per heavy atom. The van der Waals surface area contributed by atoms with Gasteiger partial charge in [0.15, 0.2) is 5.96 Å². The zero-order valence-corrected chi connectivity index (χ0v) is 12.1. The van der Waals surface area contributed by atoms with E-state index >= 15 is 0 Å². The maximum Gasteiger partial charge on any atom is 0.191 e. The van der Waals surface area contributed by atoms with Gasteiger partial charge in [0.25, 0.3) is 0 Å². The van der Waals surface area contributed by atoms with Gasteiger partial charge in [-0.1, -0.05) is 13.8 Å². The van der Waals surface area contributed by atoms with Gasteiger partial charge in [-0.2, -0.15) is 0 Å². The second kappa shape index (κ2) is 5.47. The Hall–Kier alpha value is -0.770. The van der Waals surface area contributed by atoms with Crippen molar-refractivity contribution in [1.29, 1.82) is 0 Å². The average Bonchev–Trinajstić information content (AvgIpc) is 2.36. The molecule has 3 atom stereocenters. The van der Waals surface area contributed by atoms with E-state index in [0.717, 1.165) is 25.7 Å². The summed E-state index contributed by atoms with van der Waals surface area (Å²) in [6.45, 7) is 11.4. The molecule has 0 amide bonds. The second-order valence-corrected chi connectivity index (χ2v) is 5.89. The number of guanidine groups is 1. The molecule has 0 aromatic rings. The number of nitrogens with one attached hydrogen (secondary N) is 2. The molecule has 1 saturated carbocycles. The predicted molar refractivity (Wildman–Crippen MR) is 74.8 cm³/mol. The van der Waals surface area contributed by atoms with Crippen LogP contribution in [0.4, 0.5) is 0 Å². The zero-order valence-electron chi connectivity index (χ0n) is 12.1. The number of hydrogen-bond acceptors (Lipinski definition) is 2. The highest BCUT2D eigenvalue weighted by atomic mass is 16.5. The molecule has 1 saturated heterocycles. The Labute approximate surface area is 111 Å². The van der Waals surface area contributed by atoms with Crippen LogP contribution in [0.5, 0.6) is 0 Å². The fourth-order valence-electron chi connectivity index (χ4n) is 3.44. The van der Waals surface area contributed by atoms with Gasteiger partial charge in [-0.15, -0.1) is 0 Å². The summed E-state index contributed by atoms with van der Waals surface area (Å²) in [6.07, 6.45) is 2.89. The molecule has 2 rings (SSSR count). The molecule has 4 heteroatoms. The SMILES string of the molecule is CCN=C(NCC)NC1C2CCCOC2C1(C)C. The van der Waals surface area contributed by atoms with Crippen LogP contribution in [0.1, 0.15) is 40.5 Å². The molecule has 4 nitrogen and oxygen atoms in total. The van der Waals surface area contributed by atoms with Crippen LogP contribution >= 0.6 is 0 Å². The molecule has 3 unspecified atom stereocenters. The maximum absolute atomic E-state index is 5.92. The van der Waals surface area contributed by atoms with E-state index < -0.39 is 0 Å². The van der Waals surface area contributed by atoms with Gasteiger partial charge in [0.1, 0.15) is 0 Å². The molecule has 0 spiro atoms. The lowest BCUT2D eigenvalue weighted by Gasteiger charge is -2.60. The van der Waals surface area contributed by atoms with Crippen LogP contribution in [0.25, 0.3) is 0 Å². The molecule has 1 aliphatic carbocycles. The zero-order chi connectivity index (χ0) is 13.2. The van der Waals surface area contributed by atoms with Crippen molar-refractivity contribution in [1.82, 2.24) is 10.6 Å². The summed E-state index contributed by atoms with van der Waals surface area (Å²) in [5.41, 5.74) is 0.203. The van der Waals surface area contributed by atoms with E-state index in [1.165, 1.54) is 12.8 Å². The first kappa shape index (κ1) is 13.7. The van der Waals surface area contributed by atoms with Gasteiger partial charge in [-0.05, 0) is 26.7 Å². The minimum absolute atomic E-state index is 0.203. The molecule has 1 aliphatic heterocycles. The summed E-state index contributed by atoms with van der Waals surface area (Å²) in [4.78, 5) is 4.49.